The first-order valence-corrected chi connectivity index (χ1v) is 39.2. The molecule has 550 valence electrons. The number of piperidine rings is 1. The molecule has 4 spiro atoms. The Morgan fingerprint density at radius 1 is 0.376 bits per heavy atom. The molecule has 13 aliphatic rings. The van der Waals surface area contributed by atoms with Crippen LogP contribution in [0.15, 0.2) is 0 Å². The molecule has 7 N–H and O–H groups in total. The minimum absolute atomic E-state index is 0.456. The van der Waals surface area contributed by atoms with Crippen LogP contribution in [-0.2, 0) is 0 Å². The topological polar surface area (TPSA) is 124 Å². The maximum atomic E-state index is 5.56. The fourth-order valence-corrected chi connectivity index (χ4v) is 16.2. The lowest BCUT2D eigenvalue weighted by molar-refractivity contribution is -0.0758. The summed E-state index contributed by atoms with van der Waals surface area (Å²) in [5.74, 6) is 2.62. The van der Waals surface area contributed by atoms with Crippen molar-refractivity contribution in [1.29, 1.82) is 0 Å². The quantitative estimate of drug-likeness (QED) is 0.107. The second-order valence-corrected chi connectivity index (χ2v) is 35.9. The number of hydrogen-bond donors (Lipinski definition) is 5. The maximum absolute atomic E-state index is 5.56. The van der Waals surface area contributed by atoms with Gasteiger partial charge in [-0.05, 0) is 253 Å². The van der Waals surface area contributed by atoms with E-state index >= 15 is 0 Å². The lowest BCUT2D eigenvalue weighted by atomic mass is 9.63. The van der Waals surface area contributed by atoms with E-state index < -0.39 is 0 Å². The summed E-state index contributed by atoms with van der Waals surface area (Å²) in [6, 6.07) is 7.95. The molecule has 0 aromatic carbocycles. The van der Waals surface area contributed by atoms with Crippen molar-refractivity contribution in [2.45, 2.75) is 262 Å². The fraction of sp³-hybridized carbons (Fsp3) is 1.00. The zero-order valence-corrected chi connectivity index (χ0v) is 66.1. The molecular formula is C77H162N16. The van der Waals surface area contributed by atoms with Gasteiger partial charge in [0.2, 0.25) is 0 Å². The molecular weight excluding hydrogens is 1150 g/mol. The summed E-state index contributed by atoms with van der Waals surface area (Å²) in [6.45, 7) is 72.3. The van der Waals surface area contributed by atoms with Gasteiger partial charge in [-0.25, -0.2) is 0 Å². The van der Waals surface area contributed by atoms with Gasteiger partial charge in [0.1, 0.15) is 0 Å². The highest BCUT2D eigenvalue weighted by Crippen LogP contribution is 2.49. The highest BCUT2D eigenvalue weighted by Gasteiger charge is 2.49. The molecule has 2 saturated carbocycles. The Morgan fingerprint density at radius 2 is 0.699 bits per heavy atom. The molecule has 0 aromatic rings. The number of likely N-dealkylation sites (tertiary alicyclic amines) is 9. The molecule has 0 bridgehead atoms. The monoisotopic (exact) mass is 1310 g/mol. The molecule has 93 heavy (non-hydrogen) atoms. The highest BCUT2D eigenvalue weighted by atomic mass is 15.3. The predicted molar refractivity (Wildman–Crippen MR) is 404 cm³/mol. The van der Waals surface area contributed by atoms with Gasteiger partial charge in [0.05, 0.1) is 0 Å². The van der Waals surface area contributed by atoms with Gasteiger partial charge >= 0.3 is 0 Å². The molecule has 0 atom stereocenters. The third-order valence-corrected chi connectivity index (χ3v) is 24.1. The van der Waals surface area contributed by atoms with Crippen molar-refractivity contribution in [3.05, 3.63) is 0 Å². The van der Waals surface area contributed by atoms with Gasteiger partial charge in [-0.1, -0.05) is 25.7 Å². The maximum Gasteiger partial charge on any atom is 0.0344 e. The second-order valence-electron chi connectivity index (χ2n) is 35.9. The van der Waals surface area contributed by atoms with Crippen molar-refractivity contribution < 1.29 is 0 Å². The Bertz CT molecular complexity index is 1860. The van der Waals surface area contributed by atoms with Crippen LogP contribution < -0.4 is 27.4 Å². The molecule has 2 aliphatic carbocycles. The normalized spacial score (nSPS) is 25.8. The van der Waals surface area contributed by atoms with Gasteiger partial charge in [0.15, 0.2) is 0 Å². The number of nitrogens with one attached hydrogen (secondary N) is 3. The first-order valence-electron chi connectivity index (χ1n) is 39.2. The third kappa shape index (κ3) is 26.7. The number of nitrogens with zero attached hydrogens (tertiary/aromatic N) is 11. The van der Waals surface area contributed by atoms with E-state index in [1.165, 1.54) is 215 Å². The Hall–Kier alpha value is -0.640. The van der Waals surface area contributed by atoms with E-state index in [1.54, 1.807) is 0 Å². The van der Waals surface area contributed by atoms with Gasteiger partial charge in [0, 0.05) is 221 Å². The molecule has 16 nitrogen and oxygen atoms in total. The average Bonchev–Trinajstić information content (AvgIpc) is 1.06. The van der Waals surface area contributed by atoms with E-state index in [2.05, 4.69) is 223 Å². The zero-order valence-electron chi connectivity index (χ0n) is 66.1. The van der Waals surface area contributed by atoms with Crippen molar-refractivity contribution >= 4 is 0 Å². The molecule has 13 rings (SSSR count). The first kappa shape index (κ1) is 83.0. The highest BCUT2D eigenvalue weighted by molar-refractivity contribution is 5.03. The van der Waals surface area contributed by atoms with Gasteiger partial charge in [-0.2, -0.15) is 0 Å². The van der Waals surface area contributed by atoms with Crippen molar-refractivity contribution in [3.8, 4) is 0 Å². The molecule has 11 saturated heterocycles. The first-order chi connectivity index (χ1) is 43.7. The van der Waals surface area contributed by atoms with Crippen molar-refractivity contribution in [1.82, 2.24) is 69.8 Å². The van der Waals surface area contributed by atoms with Crippen LogP contribution >= 0.6 is 0 Å². The van der Waals surface area contributed by atoms with Gasteiger partial charge in [-0.3, -0.25) is 29.4 Å². The Morgan fingerprint density at radius 3 is 0.989 bits per heavy atom. The van der Waals surface area contributed by atoms with E-state index in [-0.39, 0.29) is 0 Å². The van der Waals surface area contributed by atoms with Crippen molar-refractivity contribution in [3.63, 3.8) is 0 Å². The zero-order chi connectivity index (χ0) is 69.0. The molecule has 11 heterocycles. The van der Waals surface area contributed by atoms with Gasteiger partial charge in [0.25, 0.3) is 0 Å². The Labute approximate surface area is 578 Å². The van der Waals surface area contributed by atoms with Crippen LogP contribution in [0.1, 0.15) is 195 Å². The Kier molecular flexibility index (Phi) is 35.3. The molecule has 11 aliphatic heterocycles. The summed E-state index contributed by atoms with van der Waals surface area (Å²) in [5.41, 5.74) is 14.0. The average molecular weight is 1310 g/mol. The lowest BCUT2D eigenvalue weighted by Crippen LogP contribution is -2.63. The van der Waals surface area contributed by atoms with E-state index in [0.717, 1.165) is 96.6 Å². The molecule has 13 fully saturated rings. The third-order valence-electron chi connectivity index (χ3n) is 24.1. The summed E-state index contributed by atoms with van der Waals surface area (Å²) in [6.07, 6.45) is 16.2. The van der Waals surface area contributed by atoms with Gasteiger partial charge in [-0.15, -0.1) is 0 Å². The summed E-state index contributed by atoms with van der Waals surface area (Å²) in [5, 5.41) is 10.2. The van der Waals surface area contributed by atoms with Crippen LogP contribution in [0.5, 0.6) is 0 Å². The van der Waals surface area contributed by atoms with Gasteiger partial charge < -0.3 is 51.9 Å². The van der Waals surface area contributed by atoms with Crippen LogP contribution in [0.25, 0.3) is 0 Å². The summed E-state index contributed by atoms with van der Waals surface area (Å²) in [4.78, 5) is 27.2. The smallest absolute Gasteiger partial charge is 0.0344 e. The van der Waals surface area contributed by atoms with E-state index in [0.29, 0.717) is 29.0 Å². The van der Waals surface area contributed by atoms with Crippen LogP contribution in [0.3, 0.4) is 0 Å². The number of likely N-dealkylation sites (N-methyl/N-ethyl adjacent to an activating group) is 1. The van der Waals surface area contributed by atoms with Crippen LogP contribution in [0, 0.1) is 39.4 Å². The molecule has 0 unspecified atom stereocenters. The standard InChI is InChI=1S/C11H21N.C10H20N2.C9H18N2.C9H20N2.C9H17N.2C8H18N2.C7H16N2.C6H14N2/c1-10(2)12-8-11(9-12)6-4-3-5-7-11;1-9(2)12-7-10(8-12)4-3-5-11-6-10;1-8(2)11-6-9(7-11)3-4-10-5-9;1-8(2)11-6-9(7-11)5-10(3)4;1-8(2)10-6-9(7-10)4-3-5-9;1-7(2)10-5-8(6-10)9(3)4;1-7(2)10-5-8(6-10)4-9-3;1-6(2)9-4-7(3-8)5-9;1-5(2)8-3-6(7)4-8/h10H,3-9H2,1-2H3;9,11H,3-8H2,1-2H3;8,10H,3-7H2,1-2H3;8-9H,5-7H2,1-4H3;8H,3-7H2,1-2H3;7-8H,5-6H2,1-4H3;7-9H,4-6H2,1-3H3;6-7H,3-5,8H2,1-2H3;5-6H,3-4,7H2,1-2H3. The predicted octanol–water partition coefficient (Wildman–Crippen LogP) is 8.71. The fourth-order valence-electron chi connectivity index (χ4n) is 16.2. The summed E-state index contributed by atoms with van der Waals surface area (Å²) in [7, 11) is 10.6. The summed E-state index contributed by atoms with van der Waals surface area (Å²) >= 11 is 0. The molecule has 0 amide bonds. The second kappa shape index (κ2) is 39.5. The largest absolute Gasteiger partial charge is 0.330 e. The number of hydrogen-bond acceptors (Lipinski definition) is 16. The van der Waals surface area contributed by atoms with Crippen LogP contribution in [0.2, 0.25) is 0 Å². The SMILES string of the molecule is CC(C)N1CC(CN(C)C)C1.CC(C)N1CC(CN)C1.CC(C)N1CC(N(C)C)C1.CC(C)N1CC(N)C1.CC(C)N1CC2(CCC2)C1.CC(C)N1CC2(CCCCC2)C1.CC(C)N1CC2(CCCNC2)C1.CC(C)N1CC2(CCNC2)C1.CNCC1CN(C(C)C)C1. The van der Waals surface area contributed by atoms with Crippen molar-refractivity contribution in [2.75, 3.05) is 199 Å². The minimum Gasteiger partial charge on any atom is -0.330 e. The lowest BCUT2D eigenvalue weighted by Gasteiger charge is -2.57. The number of rotatable bonds is 15. The molecule has 16 heteroatoms. The number of nitrogens with two attached hydrogens (primary N) is 2. The van der Waals surface area contributed by atoms with Crippen LogP contribution in [0.4, 0.5) is 0 Å². The van der Waals surface area contributed by atoms with E-state index in [9.17, 15) is 0 Å². The van der Waals surface area contributed by atoms with Crippen molar-refractivity contribution in [2.24, 2.45) is 50.9 Å². The Balaban J connectivity index is 0.000000190. The minimum atomic E-state index is 0.456. The van der Waals surface area contributed by atoms with Crippen LogP contribution in [-0.4, -0.2) is 319 Å². The van der Waals surface area contributed by atoms with E-state index in [4.69, 9.17) is 11.5 Å². The van der Waals surface area contributed by atoms with E-state index in [1.807, 2.05) is 7.05 Å². The molecule has 0 radical (unpaired) electrons. The summed E-state index contributed by atoms with van der Waals surface area (Å²) < 4.78 is 0. The molecule has 0 aromatic heterocycles.